The molecule has 1 heterocycles. The van der Waals surface area contributed by atoms with Gasteiger partial charge in [0.05, 0.1) is 11.0 Å². The number of nitro groups is 1. The van der Waals surface area contributed by atoms with Crippen molar-refractivity contribution in [2.45, 2.75) is 45.7 Å². The van der Waals surface area contributed by atoms with E-state index >= 15 is 0 Å². The maximum atomic E-state index is 12.2. The summed E-state index contributed by atoms with van der Waals surface area (Å²) in [4.78, 5) is 34.7. The van der Waals surface area contributed by atoms with Gasteiger partial charge in [0.1, 0.15) is 17.9 Å². The van der Waals surface area contributed by atoms with E-state index in [-0.39, 0.29) is 35.6 Å². The molecule has 1 amide bonds. The number of amides is 1. The van der Waals surface area contributed by atoms with E-state index in [0.717, 1.165) is 24.8 Å². The van der Waals surface area contributed by atoms with Crippen LogP contribution in [0.4, 0.5) is 5.69 Å². The lowest BCUT2D eigenvalue weighted by Gasteiger charge is -2.26. The Labute approximate surface area is 161 Å². The van der Waals surface area contributed by atoms with Crippen molar-refractivity contribution in [3.8, 4) is 0 Å². The summed E-state index contributed by atoms with van der Waals surface area (Å²) in [5.41, 5.74) is 2.69. The Bertz CT molecular complexity index is 921. The maximum absolute atomic E-state index is 12.2. The molecule has 9 nitrogen and oxygen atoms in total. The summed E-state index contributed by atoms with van der Waals surface area (Å²) in [5, 5.41) is 17.9. The first kappa shape index (κ1) is 19.5. The third-order valence-corrected chi connectivity index (χ3v) is 4.87. The second-order valence-electron chi connectivity index (χ2n) is 6.81. The minimum atomic E-state index is -0.681. The number of aryl methyl sites for hydroxylation is 2. The van der Waals surface area contributed by atoms with Crippen molar-refractivity contribution in [1.82, 2.24) is 15.1 Å². The summed E-state index contributed by atoms with van der Waals surface area (Å²) in [7, 11) is 0. The SMILES string of the molecule is Cc1nn(CC(=O)OCC(=O)N[C@H]2CCCc3ccccc32)c(C)c1[N+](=O)[O-]. The van der Waals surface area contributed by atoms with E-state index < -0.39 is 17.5 Å². The predicted molar refractivity (Wildman–Crippen MR) is 99.6 cm³/mol. The molecule has 0 saturated heterocycles. The first-order chi connectivity index (χ1) is 13.4. The van der Waals surface area contributed by atoms with Gasteiger partial charge in [0.2, 0.25) is 0 Å². The molecule has 1 atom stereocenters. The largest absolute Gasteiger partial charge is 0.454 e. The average molecular weight is 386 g/mol. The number of hydrogen-bond donors (Lipinski definition) is 1. The van der Waals surface area contributed by atoms with Crippen LogP contribution in [0.25, 0.3) is 0 Å². The molecule has 0 radical (unpaired) electrons. The molecule has 1 N–H and O–H groups in total. The first-order valence-electron chi connectivity index (χ1n) is 9.08. The Kier molecular flexibility index (Phi) is 5.72. The molecule has 0 bridgehead atoms. The molecule has 1 aliphatic carbocycles. The zero-order chi connectivity index (χ0) is 20.3. The Hall–Kier alpha value is -3.23. The summed E-state index contributed by atoms with van der Waals surface area (Å²) < 4.78 is 6.23. The van der Waals surface area contributed by atoms with Crippen LogP contribution in [0.1, 0.15) is 41.4 Å². The van der Waals surface area contributed by atoms with Crippen LogP contribution in [-0.4, -0.2) is 33.2 Å². The molecule has 1 aliphatic rings. The number of nitrogens with zero attached hydrogens (tertiary/aromatic N) is 3. The van der Waals surface area contributed by atoms with Gasteiger partial charge in [-0.15, -0.1) is 0 Å². The highest BCUT2D eigenvalue weighted by atomic mass is 16.6. The third-order valence-electron chi connectivity index (χ3n) is 4.87. The van der Waals surface area contributed by atoms with Crippen molar-refractivity contribution >= 4 is 17.6 Å². The van der Waals surface area contributed by atoms with Crippen LogP contribution in [0.15, 0.2) is 24.3 Å². The van der Waals surface area contributed by atoms with Gasteiger partial charge in [-0.3, -0.25) is 24.4 Å². The minimum absolute atomic E-state index is 0.0881. The van der Waals surface area contributed by atoms with Crippen molar-refractivity contribution in [3.05, 3.63) is 56.9 Å². The second-order valence-corrected chi connectivity index (χ2v) is 6.81. The van der Waals surface area contributed by atoms with Gasteiger partial charge in [-0.2, -0.15) is 5.10 Å². The molecule has 0 fully saturated rings. The second kappa shape index (κ2) is 8.20. The van der Waals surface area contributed by atoms with Gasteiger partial charge in [-0.1, -0.05) is 24.3 Å². The third kappa shape index (κ3) is 4.19. The van der Waals surface area contributed by atoms with Gasteiger partial charge in [-0.05, 0) is 44.2 Å². The highest BCUT2D eigenvalue weighted by Gasteiger charge is 2.24. The summed E-state index contributed by atoms with van der Waals surface area (Å²) in [6, 6.07) is 7.89. The number of esters is 1. The summed E-state index contributed by atoms with van der Waals surface area (Å²) in [5.74, 6) is -1.06. The van der Waals surface area contributed by atoms with E-state index in [9.17, 15) is 19.7 Å². The predicted octanol–water partition coefficient (Wildman–Crippen LogP) is 2.15. The lowest BCUT2D eigenvalue weighted by molar-refractivity contribution is -0.386. The van der Waals surface area contributed by atoms with Gasteiger partial charge < -0.3 is 10.1 Å². The Morgan fingerprint density at radius 2 is 2.11 bits per heavy atom. The molecule has 28 heavy (non-hydrogen) atoms. The molecule has 148 valence electrons. The fourth-order valence-electron chi connectivity index (χ4n) is 3.56. The summed E-state index contributed by atoms with van der Waals surface area (Å²) in [6.07, 6.45) is 2.82. The highest BCUT2D eigenvalue weighted by Crippen LogP contribution is 2.29. The normalized spacial score (nSPS) is 15.6. The number of aromatic nitrogens is 2. The van der Waals surface area contributed by atoms with Crippen LogP contribution in [0.5, 0.6) is 0 Å². The lowest BCUT2D eigenvalue weighted by Crippen LogP contribution is -2.34. The molecule has 0 spiro atoms. The molecule has 3 rings (SSSR count). The lowest BCUT2D eigenvalue weighted by atomic mass is 9.88. The molecule has 1 aromatic heterocycles. The van der Waals surface area contributed by atoms with E-state index in [1.54, 1.807) is 0 Å². The molecular formula is C19H22N4O5. The van der Waals surface area contributed by atoms with Crippen molar-refractivity contribution in [3.63, 3.8) is 0 Å². The molecule has 0 saturated carbocycles. The Balaban J connectivity index is 1.54. The van der Waals surface area contributed by atoms with Crippen LogP contribution in [0, 0.1) is 24.0 Å². The van der Waals surface area contributed by atoms with Gasteiger partial charge in [0.25, 0.3) is 5.91 Å². The number of hydrogen-bond acceptors (Lipinski definition) is 6. The van der Waals surface area contributed by atoms with E-state index in [1.165, 1.54) is 24.1 Å². The molecule has 2 aromatic rings. The average Bonchev–Trinajstić information content (AvgIpc) is 2.93. The first-order valence-corrected chi connectivity index (χ1v) is 9.08. The molecule has 1 aromatic carbocycles. The number of nitrogens with one attached hydrogen (secondary N) is 1. The van der Waals surface area contributed by atoms with Gasteiger partial charge in [-0.25, -0.2) is 0 Å². The Morgan fingerprint density at radius 1 is 1.36 bits per heavy atom. The zero-order valence-corrected chi connectivity index (χ0v) is 15.8. The van der Waals surface area contributed by atoms with Crippen molar-refractivity contribution < 1.29 is 19.2 Å². The van der Waals surface area contributed by atoms with E-state index in [2.05, 4.69) is 16.5 Å². The van der Waals surface area contributed by atoms with Crippen LogP contribution in [-0.2, 0) is 27.3 Å². The zero-order valence-electron chi connectivity index (χ0n) is 15.8. The molecule has 9 heteroatoms. The molecule has 0 aliphatic heterocycles. The van der Waals surface area contributed by atoms with Gasteiger partial charge in [0, 0.05) is 0 Å². The van der Waals surface area contributed by atoms with E-state index in [1.807, 2.05) is 18.2 Å². The summed E-state index contributed by atoms with van der Waals surface area (Å²) in [6.45, 7) is 2.32. The quantitative estimate of drug-likeness (QED) is 0.462. The molecular weight excluding hydrogens is 364 g/mol. The van der Waals surface area contributed by atoms with Crippen LogP contribution >= 0.6 is 0 Å². The molecule has 0 unspecified atom stereocenters. The Morgan fingerprint density at radius 3 is 2.82 bits per heavy atom. The number of benzene rings is 1. The van der Waals surface area contributed by atoms with Crippen LogP contribution in [0.2, 0.25) is 0 Å². The van der Waals surface area contributed by atoms with Crippen molar-refractivity contribution in [2.75, 3.05) is 6.61 Å². The van der Waals surface area contributed by atoms with Crippen molar-refractivity contribution in [1.29, 1.82) is 0 Å². The smallest absolute Gasteiger partial charge is 0.328 e. The number of ether oxygens (including phenoxy) is 1. The van der Waals surface area contributed by atoms with Crippen LogP contribution < -0.4 is 5.32 Å². The van der Waals surface area contributed by atoms with Crippen LogP contribution in [0.3, 0.4) is 0 Å². The maximum Gasteiger partial charge on any atom is 0.328 e. The standard InChI is InChI=1S/C19H22N4O5/c1-12-19(23(26)27)13(2)22(21-12)10-18(25)28-11-17(24)20-16-9-5-7-14-6-3-4-8-15(14)16/h3-4,6,8,16H,5,7,9-11H2,1-2H3,(H,20,24)/t16-/m0/s1. The topological polar surface area (TPSA) is 116 Å². The summed E-state index contributed by atoms with van der Waals surface area (Å²) >= 11 is 0. The number of carbonyl (C=O) groups is 2. The monoisotopic (exact) mass is 386 g/mol. The minimum Gasteiger partial charge on any atom is -0.454 e. The van der Waals surface area contributed by atoms with Gasteiger partial charge >= 0.3 is 11.7 Å². The van der Waals surface area contributed by atoms with Gasteiger partial charge in [0.15, 0.2) is 6.61 Å². The number of rotatable bonds is 6. The number of carbonyl (C=O) groups excluding carboxylic acids is 2. The highest BCUT2D eigenvalue weighted by molar-refractivity contribution is 5.81. The van der Waals surface area contributed by atoms with Crippen molar-refractivity contribution in [2.24, 2.45) is 0 Å². The fraction of sp³-hybridized carbons (Fsp3) is 0.421. The number of fused-ring (bicyclic) bond motifs is 1. The van der Waals surface area contributed by atoms with E-state index in [4.69, 9.17) is 4.74 Å². The van der Waals surface area contributed by atoms with E-state index in [0.29, 0.717) is 0 Å². The fourth-order valence-corrected chi connectivity index (χ4v) is 3.56.